The lowest BCUT2D eigenvalue weighted by molar-refractivity contribution is -0.145. The van der Waals surface area contributed by atoms with Crippen LogP contribution in [0.5, 0.6) is 0 Å². The fourth-order valence-electron chi connectivity index (χ4n) is 2.54. The summed E-state index contributed by atoms with van der Waals surface area (Å²) < 4.78 is 5.42. The molecular weight excluding hydrogens is 246 g/mol. The number of rotatable bonds is 4. The summed E-state index contributed by atoms with van der Waals surface area (Å²) in [7, 11) is 1.84. The Morgan fingerprint density at radius 3 is 2.47 bits per heavy atom. The molecule has 0 saturated carbocycles. The number of hydrogen-bond donors (Lipinski definition) is 1. The molecule has 1 atom stereocenters. The first-order chi connectivity index (χ1) is 9.22. The van der Waals surface area contributed by atoms with Crippen LogP contribution in [0, 0.1) is 0 Å². The predicted molar refractivity (Wildman–Crippen MR) is 70.7 cm³/mol. The maximum absolute atomic E-state index is 12.1. The van der Waals surface area contributed by atoms with Gasteiger partial charge >= 0.3 is 0 Å². The quantitative estimate of drug-likeness (QED) is 0.743. The first kappa shape index (κ1) is 14.3. The molecule has 6 nitrogen and oxygen atoms in total. The van der Waals surface area contributed by atoms with Crippen molar-refractivity contribution < 1.29 is 14.3 Å². The second-order valence-corrected chi connectivity index (χ2v) is 5.06. The van der Waals surface area contributed by atoms with E-state index in [9.17, 15) is 9.59 Å². The van der Waals surface area contributed by atoms with Crippen molar-refractivity contribution in [2.75, 3.05) is 46.4 Å². The molecule has 0 aromatic heterocycles. The Balaban J connectivity index is 1.75. The van der Waals surface area contributed by atoms with Crippen molar-refractivity contribution in [3.05, 3.63) is 0 Å². The topological polar surface area (TPSA) is 61.9 Å². The Kier molecular flexibility index (Phi) is 5.15. The van der Waals surface area contributed by atoms with Gasteiger partial charge in [0.2, 0.25) is 5.91 Å². The molecule has 2 aliphatic rings. The highest BCUT2D eigenvalue weighted by atomic mass is 16.5. The molecule has 2 rings (SSSR count). The van der Waals surface area contributed by atoms with Crippen LogP contribution >= 0.6 is 0 Å². The summed E-state index contributed by atoms with van der Waals surface area (Å²) in [4.78, 5) is 27.7. The van der Waals surface area contributed by atoms with E-state index in [0.717, 1.165) is 12.8 Å². The Bertz CT molecular complexity index is 321. The molecule has 0 radical (unpaired) electrons. The van der Waals surface area contributed by atoms with Gasteiger partial charge in [0.25, 0.3) is 5.91 Å². The van der Waals surface area contributed by atoms with E-state index in [1.165, 1.54) is 0 Å². The Morgan fingerprint density at radius 1 is 1.21 bits per heavy atom. The number of carbonyl (C=O) groups is 2. The number of ether oxygens (including phenoxy) is 1. The first-order valence-electron chi connectivity index (χ1n) is 7.05. The van der Waals surface area contributed by atoms with Gasteiger partial charge in [0.1, 0.15) is 6.10 Å². The lowest BCUT2D eigenvalue weighted by Crippen LogP contribution is -2.53. The summed E-state index contributed by atoms with van der Waals surface area (Å²) in [6.45, 7) is 3.93. The average molecular weight is 269 g/mol. The van der Waals surface area contributed by atoms with Crippen LogP contribution < -0.4 is 5.32 Å². The van der Waals surface area contributed by atoms with Gasteiger partial charge in [0.15, 0.2) is 0 Å². The van der Waals surface area contributed by atoms with Crippen LogP contribution in [-0.4, -0.2) is 74.1 Å². The molecule has 1 unspecified atom stereocenters. The molecule has 2 fully saturated rings. The van der Waals surface area contributed by atoms with Crippen molar-refractivity contribution in [1.82, 2.24) is 15.1 Å². The van der Waals surface area contributed by atoms with Gasteiger partial charge in [-0.2, -0.15) is 0 Å². The molecule has 108 valence electrons. The van der Waals surface area contributed by atoms with Crippen LogP contribution in [0.2, 0.25) is 0 Å². The number of nitrogens with zero attached hydrogens (tertiary/aromatic N) is 2. The van der Waals surface area contributed by atoms with Crippen LogP contribution in [0.3, 0.4) is 0 Å². The number of nitrogens with one attached hydrogen (secondary N) is 1. The summed E-state index contributed by atoms with van der Waals surface area (Å²) in [5.41, 5.74) is 0. The molecule has 0 bridgehead atoms. The first-order valence-corrected chi connectivity index (χ1v) is 7.05. The van der Waals surface area contributed by atoms with Crippen molar-refractivity contribution in [2.24, 2.45) is 0 Å². The SMILES string of the molecule is CNCCC(=O)N1CCN(C(=O)C2CCCO2)CC1. The largest absolute Gasteiger partial charge is 0.368 e. The highest BCUT2D eigenvalue weighted by molar-refractivity contribution is 5.82. The van der Waals surface area contributed by atoms with Crippen LogP contribution in [0.4, 0.5) is 0 Å². The van der Waals surface area contributed by atoms with E-state index < -0.39 is 0 Å². The fraction of sp³-hybridized carbons (Fsp3) is 0.846. The molecule has 2 heterocycles. The zero-order valence-corrected chi connectivity index (χ0v) is 11.6. The minimum Gasteiger partial charge on any atom is -0.368 e. The van der Waals surface area contributed by atoms with Gasteiger partial charge < -0.3 is 19.9 Å². The summed E-state index contributed by atoms with van der Waals surface area (Å²) in [5, 5.41) is 2.97. The van der Waals surface area contributed by atoms with Crippen molar-refractivity contribution in [1.29, 1.82) is 0 Å². The Morgan fingerprint density at radius 2 is 1.89 bits per heavy atom. The van der Waals surface area contributed by atoms with Crippen molar-refractivity contribution in [3.63, 3.8) is 0 Å². The number of piperazine rings is 1. The monoisotopic (exact) mass is 269 g/mol. The van der Waals surface area contributed by atoms with E-state index in [-0.39, 0.29) is 17.9 Å². The molecule has 2 saturated heterocycles. The van der Waals surface area contributed by atoms with Gasteiger partial charge in [-0.3, -0.25) is 9.59 Å². The van der Waals surface area contributed by atoms with Gasteiger partial charge in [-0.1, -0.05) is 0 Å². The molecule has 19 heavy (non-hydrogen) atoms. The van der Waals surface area contributed by atoms with Gasteiger partial charge in [-0.05, 0) is 19.9 Å². The Labute approximate surface area is 114 Å². The van der Waals surface area contributed by atoms with Crippen LogP contribution in [0.15, 0.2) is 0 Å². The lowest BCUT2D eigenvalue weighted by Gasteiger charge is -2.35. The van der Waals surface area contributed by atoms with E-state index in [0.29, 0.717) is 45.8 Å². The third-order valence-corrected chi connectivity index (χ3v) is 3.74. The second-order valence-electron chi connectivity index (χ2n) is 5.06. The fourth-order valence-corrected chi connectivity index (χ4v) is 2.54. The molecule has 2 amide bonds. The molecule has 0 aromatic carbocycles. The normalized spacial score (nSPS) is 23.7. The van der Waals surface area contributed by atoms with E-state index in [4.69, 9.17) is 4.74 Å². The minimum atomic E-state index is -0.244. The number of hydrogen-bond acceptors (Lipinski definition) is 4. The molecule has 1 N–H and O–H groups in total. The highest BCUT2D eigenvalue weighted by Crippen LogP contribution is 2.16. The van der Waals surface area contributed by atoms with Gasteiger partial charge in [0.05, 0.1) is 0 Å². The standard InChI is InChI=1S/C13H23N3O3/c1-14-5-4-12(17)15-6-8-16(9-7-15)13(18)11-3-2-10-19-11/h11,14H,2-10H2,1H3. The van der Waals surface area contributed by atoms with E-state index in [1.807, 2.05) is 16.8 Å². The Hall–Kier alpha value is -1.14. The van der Waals surface area contributed by atoms with Gasteiger partial charge in [-0.15, -0.1) is 0 Å². The third kappa shape index (κ3) is 3.67. The van der Waals surface area contributed by atoms with Crippen LogP contribution in [-0.2, 0) is 14.3 Å². The number of amides is 2. The van der Waals surface area contributed by atoms with Gasteiger partial charge in [-0.25, -0.2) is 0 Å². The molecule has 6 heteroatoms. The summed E-state index contributed by atoms with van der Waals surface area (Å²) in [5.74, 6) is 0.262. The average Bonchev–Trinajstić information content (AvgIpc) is 2.98. The summed E-state index contributed by atoms with van der Waals surface area (Å²) in [6, 6.07) is 0. The minimum absolute atomic E-state index is 0.0971. The van der Waals surface area contributed by atoms with E-state index in [1.54, 1.807) is 0 Å². The van der Waals surface area contributed by atoms with Crippen LogP contribution in [0.25, 0.3) is 0 Å². The van der Waals surface area contributed by atoms with E-state index in [2.05, 4.69) is 5.32 Å². The molecule has 0 aromatic rings. The van der Waals surface area contributed by atoms with Crippen molar-refractivity contribution >= 4 is 11.8 Å². The van der Waals surface area contributed by atoms with E-state index >= 15 is 0 Å². The molecule has 2 aliphatic heterocycles. The lowest BCUT2D eigenvalue weighted by atomic mass is 10.2. The van der Waals surface area contributed by atoms with Crippen molar-refractivity contribution in [3.8, 4) is 0 Å². The molecule has 0 aliphatic carbocycles. The van der Waals surface area contributed by atoms with Crippen LogP contribution in [0.1, 0.15) is 19.3 Å². The maximum Gasteiger partial charge on any atom is 0.251 e. The highest BCUT2D eigenvalue weighted by Gasteiger charge is 2.31. The molecule has 0 spiro atoms. The van der Waals surface area contributed by atoms with Crippen molar-refractivity contribution in [2.45, 2.75) is 25.4 Å². The maximum atomic E-state index is 12.1. The smallest absolute Gasteiger partial charge is 0.251 e. The predicted octanol–water partition coefficient (Wildman–Crippen LogP) is -0.554. The van der Waals surface area contributed by atoms with Gasteiger partial charge in [0, 0.05) is 45.8 Å². The number of carbonyl (C=O) groups excluding carboxylic acids is 2. The second kappa shape index (κ2) is 6.86. The zero-order chi connectivity index (χ0) is 13.7. The third-order valence-electron chi connectivity index (χ3n) is 3.74. The summed E-state index contributed by atoms with van der Waals surface area (Å²) in [6.07, 6.45) is 2.08. The summed E-state index contributed by atoms with van der Waals surface area (Å²) >= 11 is 0. The zero-order valence-electron chi connectivity index (χ0n) is 11.6. The molecular formula is C13H23N3O3.